The predicted molar refractivity (Wildman–Crippen MR) is 118 cm³/mol. The third-order valence-corrected chi connectivity index (χ3v) is 4.50. The Morgan fingerprint density at radius 2 is 2.06 bits per heavy atom. The fraction of sp³-hybridized carbons (Fsp3) is 0.0870. The zero-order valence-electron chi connectivity index (χ0n) is 16.9. The molecule has 0 radical (unpaired) electrons. The molecule has 1 amide bonds. The Hall–Kier alpha value is -4.20. The molecule has 0 saturated heterocycles. The highest BCUT2D eigenvalue weighted by atomic mass is 19.1. The van der Waals surface area contributed by atoms with Crippen LogP contribution in [0, 0.1) is 12.7 Å². The van der Waals surface area contributed by atoms with Gasteiger partial charge in [0.25, 0.3) is 0 Å². The first-order valence-corrected chi connectivity index (χ1v) is 9.57. The number of carbonyl (C=O) groups is 1. The predicted octanol–water partition coefficient (Wildman–Crippen LogP) is 4.70. The molecule has 0 bridgehead atoms. The zero-order chi connectivity index (χ0) is 21.8. The molecule has 156 valence electrons. The highest BCUT2D eigenvalue weighted by molar-refractivity contribution is 5.91. The average molecular weight is 417 g/mol. The number of rotatable bonds is 6. The number of aromatic amines is 1. The summed E-state index contributed by atoms with van der Waals surface area (Å²) in [6.07, 6.45) is 4.67. The lowest BCUT2D eigenvalue weighted by Gasteiger charge is -2.09. The Bertz CT molecular complexity index is 1280. The van der Waals surface area contributed by atoms with Crippen molar-refractivity contribution in [2.75, 3.05) is 12.4 Å². The lowest BCUT2D eigenvalue weighted by Crippen LogP contribution is -2.13. The molecule has 0 aliphatic rings. The van der Waals surface area contributed by atoms with Gasteiger partial charge >= 0.3 is 0 Å². The molecule has 3 N–H and O–H groups in total. The summed E-state index contributed by atoms with van der Waals surface area (Å²) in [6.45, 7) is 1.87. The summed E-state index contributed by atoms with van der Waals surface area (Å²) in [7, 11) is 1.57. The van der Waals surface area contributed by atoms with E-state index in [1.165, 1.54) is 12.3 Å². The second kappa shape index (κ2) is 8.66. The monoisotopic (exact) mass is 417 g/mol. The first-order valence-electron chi connectivity index (χ1n) is 9.57. The van der Waals surface area contributed by atoms with Crippen LogP contribution in [0.15, 0.2) is 60.8 Å². The Labute approximate surface area is 178 Å². The largest absolute Gasteiger partial charge is 0.436 e. The van der Waals surface area contributed by atoms with Crippen molar-refractivity contribution in [3.63, 3.8) is 0 Å². The minimum Gasteiger partial charge on any atom is -0.436 e. The number of fused-ring (bicyclic) bond motifs is 1. The number of nitrogens with zero attached hydrogens (tertiary/aromatic N) is 2. The van der Waals surface area contributed by atoms with Gasteiger partial charge in [-0.05, 0) is 48.9 Å². The molecule has 2 aromatic carbocycles. The van der Waals surface area contributed by atoms with E-state index in [0.29, 0.717) is 16.9 Å². The number of amides is 1. The summed E-state index contributed by atoms with van der Waals surface area (Å²) in [4.78, 5) is 23.0. The molecule has 7 nitrogen and oxygen atoms in total. The summed E-state index contributed by atoms with van der Waals surface area (Å²) in [5, 5.41) is 6.07. The lowest BCUT2D eigenvalue weighted by atomic mass is 10.2. The van der Waals surface area contributed by atoms with E-state index >= 15 is 0 Å². The molecule has 0 fully saturated rings. The van der Waals surface area contributed by atoms with Crippen LogP contribution in [0.2, 0.25) is 0 Å². The number of carbonyl (C=O) groups excluding carboxylic acids is 1. The van der Waals surface area contributed by atoms with Gasteiger partial charge in [-0.1, -0.05) is 12.1 Å². The van der Waals surface area contributed by atoms with Gasteiger partial charge in [-0.2, -0.15) is 4.98 Å². The number of hydrogen-bond acceptors (Lipinski definition) is 5. The Balaban J connectivity index is 1.52. The number of aromatic nitrogens is 3. The van der Waals surface area contributed by atoms with E-state index in [1.54, 1.807) is 37.4 Å². The van der Waals surface area contributed by atoms with Gasteiger partial charge < -0.3 is 20.4 Å². The van der Waals surface area contributed by atoms with Gasteiger partial charge in [-0.15, -0.1) is 0 Å². The van der Waals surface area contributed by atoms with Crippen LogP contribution in [0.1, 0.15) is 11.3 Å². The number of ether oxygens (including phenoxy) is 1. The standard InChI is InChI=1S/C23H20FN5O2/c1-14-12-17-18(27-14)7-8-19(22(17)24)31-21-10-11-26-23(29-21)28-16-5-3-4-15(13-16)6-9-20(30)25-2/h3-13,27H,1-2H3,(H,25,30)(H,26,28,29)/b9-6+. The first-order chi connectivity index (χ1) is 15.0. The molecule has 4 rings (SSSR count). The van der Waals surface area contributed by atoms with Crippen molar-refractivity contribution in [3.05, 3.63) is 77.9 Å². The van der Waals surface area contributed by atoms with E-state index in [4.69, 9.17) is 4.74 Å². The summed E-state index contributed by atoms with van der Waals surface area (Å²) in [5.41, 5.74) is 3.13. The number of benzene rings is 2. The number of hydrogen-bond donors (Lipinski definition) is 3. The first kappa shape index (κ1) is 20.1. The Morgan fingerprint density at radius 1 is 1.19 bits per heavy atom. The minimum atomic E-state index is -0.453. The fourth-order valence-electron chi connectivity index (χ4n) is 3.04. The maximum Gasteiger partial charge on any atom is 0.243 e. The van der Waals surface area contributed by atoms with E-state index < -0.39 is 5.82 Å². The average Bonchev–Trinajstić information content (AvgIpc) is 3.16. The smallest absolute Gasteiger partial charge is 0.243 e. The van der Waals surface area contributed by atoms with Crippen molar-refractivity contribution < 1.29 is 13.9 Å². The van der Waals surface area contributed by atoms with Gasteiger partial charge in [0.2, 0.25) is 17.7 Å². The lowest BCUT2D eigenvalue weighted by molar-refractivity contribution is -0.115. The molecule has 8 heteroatoms. The van der Waals surface area contributed by atoms with Crippen molar-refractivity contribution >= 4 is 34.5 Å². The number of halogens is 1. The van der Waals surface area contributed by atoms with Crippen molar-refractivity contribution in [2.24, 2.45) is 0 Å². The third kappa shape index (κ3) is 4.69. The maximum atomic E-state index is 14.8. The molecule has 0 spiro atoms. The van der Waals surface area contributed by atoms with Crippen LogP contribution < -0.4 is 15.4 Å². The van der Waals surface area contributed by atoms with Crippen LogP contribution in [0.3, 0.4) is 0 Å². The molecule has 0 aliphatic carbocycles. The highest BCUT2D eigenvalue weighted by Gasteiger charge is 2.12. The molecule has 31 heavy (non-hydrogen) atoms. The van der Waals surface area contributed by atoms with Gasteiger partial charge in [0.1, 0.15) is 0 Å². The van der Waals surface area contributed by atoms with E-state index in [2.05, 4.69) is 25.6 Å². The van der Waals surface area contributed by atoms with Crippen molar-refractivity contribution in [3.8, 4) is 11.6 Å². The Morgan fingerprint density at radius 3 is 2.90 bits per heavy atom. The number of nitrogens with one attached hydrogen (secondary N) is 3. The van der Waals surface area contributed by atoms with Gasteiger partial charge in [0, 0.05) is 47.7 Å². The van der Waals surface area contributed by atoms with Crippen LogP contribution >= 0.6 is 0 Å². The van der Waals surface area contributed by atoms with Crippen molar-refractivity contribution in [2.45, 2.75) is 6.92 Å². The normalized spacial score (nSPS) is 11.1. The SMILES string of the molecule is CNC(=O)/C=C/c1cccc(Nc2nccc(Oc3ccc4[nH]c(C)cc4c3F)n2)c1. The van der Waals surface area contributed by atoms with Gasteiger partial charge in [0.15, 0.2) is 11.6 Å². The minimum absolute atomic E-state index is 0.0810. The number of likely N-dealkylation sites (N-methyl/N-ethyl adjacent to an activating group) is 1. The molecule has 4 aromatic rings. The number of anilines is 2. The van der Waals surface area contributed by atoms with E-state index in [9.17, 15) is 9.18 Å². The molecule has 2 heterocycles. The summed E-state index contributed by atoms with van der Waals surface area (Å²) < 4.78 is 20.4. The third-order valence-electron chi connectivity index (χ3n) is 4.50. The van der Waals surface area contributed by atoms with E-state index in [0.717, 1.165) is 16.9 Å². The second-order valence-corrected chi connectivity index (χ2v) is 6.81. The van der Waals surface area contributed by atoms with Crippen LogP contribution in [0.25, 0.3) is 17.0 Å². The van der Waals surface area contributed by atoms with Gasteiger partial charge in [0.05, 0.1) is 0 Å². The topological polar surface area (TPSA) is 91.9 Å². The molecule has 0 unspecified atom stereocenters. The van der Waals surface area contributed by atoms with Crippen molar-refractivity contribution in [1.82, 2.24) is 20.3 Å². The van der Waals surface area contributed by atoms with Crippen LogP contribution in [0.5, 0.6) is 11.6 Å². The van der Waals surface area contributed by atoms with Gasteiger partial charge in [-0.25, -0.2) is 9.37 Å². The molecule has 0 saturated carbocycles. The van der Waals surface area contributed by atoms with E-state index in [1.807, 2.05) is 31.2 Å². The summed E-state index contributed by atoms with van der Waals surface area (Å²) in [5.74, 6) is -0.0580. The Kier molecular flexibility index (Phi) is 5.61. The summed E-state index contributed by atoms with van der Waals surface area (Å²) >= 11 is 0. The van der Waals surface area contributed by atoms with Crippen LogP contribution in [-0.4, -0.2) is 27.9 Å². The fourth-order valence-corrected chi connectivity index (χ4v) is 3.04. The van der Waals surface area contributed by atoms with Crippen LogP contribution in [0.4, 0.5) is 16.0 Å². The maximum absolute atomic E-state index is 14.8. The zero-order valence-corrected chi connectivity index (χ0v) is 16.9. The van der Waals surface area contributed by atoms with E-state index in [-0.39, 0.29) is 17.5 Å². The molecular weight excluding hydrogens is 397 g/mol. The number of H-pyrrole nitrogens is 1. The molecular formula is C23H20FN5O2. The van der Waals surface area contributed by atoms with Crippen molar-refractivity contribution in [1.29, 1.82) is 0 Å². The molecule has 0 atom stereocenters. The second-order valence-electron chi connectivity index (χ2n) is 6.81. The highest BCUT2D eigenvalue weighted by Crippen LogP contribution is 2.30. The molecule has 2 aromatic heterocycles. The molecule has 0 aliphatic heterocycles. The van der Waals surface area contributed by atoms with Gasteiger partial charge in [-0.3, -0.25) is 4.79 Å². The quantitative estimate of drug-likeness (QED) is 0.396. The van der Waals surface area contributed by atoms with Crippen LogP contribution in [-0.2, 0) is 4.79 Å². The summed E-state index contributed by atoms with van der Waals surface area (Å²) in [6, 6.07) is 14.0. The number of aryl methyl sites for hydroxylation is 1.